The van der Waals surface area contributed by atoms with Crippen molar-refractivity contribution in [1.29, 1.82) is 0 Å². The molecule has 3 rings (SSSR count). The van der Waals surface area contributed by atoms with Crippen LogP contribution >= 0.6 is 0 Å². The van der Waals surface area contributed by atoms with Gasteiger partial charge in [-0.15, -0.1) is 0 Å². The zero-order chi connectivity index (χ0) is 14.7. The molecule has 1 N–H and O–H groups in total. The second kappa shape index (κ2) is 6.29. The molecule has 0 saturated heterocycles. The SMILES string of the molecule is CNC(c1ccc(OC)cc1)C1OCCc2ccccc21. The van der Waals surface area contributed by atoms with Crippen LogP contribution < -0.4 is 10.1 Å². The highest BCUT2D eigenvalue weighted by Gasteiger charge is 2.28. The van der Waals surface area contributed by atoms with Gasteiger partial charge in [-0.2, -0.15) is 0 Å². The topological polar surface area (TPSA) is 30.5 Å². The Hall–Kier alpha value is -1.84. The molecule has 2 atom stereocenters. The molecule has 1 aliphatic rings. The molecule has 0 amide bonds. The molecule has 0 aliphatic carbocycles. The van der Waals surface area contributed by atoms with Gasteiger partial charge >= 0.3 is 0 Å². The molecule has 1 aliphatic heterocycles. The van der Waals surface area contributed by atoms with Crippen LogP contribution in [0.15, 0.2) is 48.5 Å². The Morgan fingerprint density at radius 2 is 1.90 bits per heavy atom. The first kappa shape index (κ1) is 14.1. The van der Waals surface area contributed by atoms with Gasteiger partial charge in [0.1, 0.15) is 11.9 Å². The van der Waals surface area contributed by atoms with Gasteiger partial charge in [-0.05, 0) is 42.3 Å². The van der Waals surface area contributed by atoms with E-state index in [1.807, 2.05) is 19.2 Å². The monoisotopic (exact) mass is 283 g/mol. The quantitative estimate of drug-likeness (QED) is 0.934. The zero-order valence-electron chi connectivity index (χ0n) is 12.5. The van der Waals surface area contributed by atoms with Crippen molar-refractivity contribution in [2.45, 2.75) is 18.6 Å². The van der Waals surface area contributed by atoms with Crippen LogP contribution in [0.2, 0.25) is 0 Å². The van der Waals surface area contributed by atoms with Crippen molar-refractivity contribution in [2.75, 3.05) is 20.8 Å². The standard InChI is InChI=1S/C18H21NO2/c1-19-17(14-7-9-15(20-2)10-8-14)18-16-6-4-3-5-13(16)11-12-21-18/h3-10,17-19H,11-12H2,1-2H3. The highest BCUT2D eigenvalue weighted by atomic mass is 16.5. The molecule has 0 aromatic heterocycles. The number of hydrogen-bond donors (Lipinski definition) is 1. The molecule has 3 nitrogen and oxygen atoms in total. The molecule has 1 heterocycles. The van der Waals surface area contributed by atoms with Crippen LogP contribution in [-0.2, 0) is 11.2 Å². The van der Waals surface area contributed by atoms with Gasteiger partial charge in [-0.3, -0.25) is 0 Å². The third kappa shape index (κ3) is 2.80. The van der Waals surface area contributed by atoms with E-state index in [0.29, 0.717) is 0 Å². The molecule has 0 spiro atoms. The lowest BCUT2D eigenvalue weighted by Crippen LogP contribution is -2.29. The number of methoxy groups -OCH3 is 1. The molecule has 2 unspecified atom stereocenters. The number of fused-ring (bicyclic) bond motifs is 1. The van der Waals surface area contributed by atoms with Gasteiger partial charge in [0.25, 0.3) is 0 Å². The minimum atomic E-state index is 0.0494. The Morgan fingerprint density at radius 1 is 1.14 bits per heavy atom. The Balaban J connectivity index is 1.93. The van der Waals surface area contributed by atoms with E-state index in [0.717, 1.165) is 18.8 Å². The van der Waals surface area contributed by atoms with Crippen molar-refractivity contribution < 1.29 is 9.47 Å². The minimum Gasteiger partial charge on any atom is -0.497 e. The summed E-state index contributed by atoms with van der Waals surface area (Å²) in [5.41, 5.74) is 3.89. The summed E-state index contributed by atoms with van der Waals surface area (Å²) in [4.78, 5) is 0. The highest BCUT2D eigenvalue weighted by molar-refractivity contribution is 5.36. The van der Waals surface area contributed by atoms with Gasteiger partial charge in [0.05, 0.1) is 19.8 Å². The smallest absolute Gasteiger partial charge is 0.118 e. The number of ether oxygens (including phenoxy) is 2. The third-order valence-corrected chi connectivity index (χ3v) is 4.12. The lowest BCUT2D eigenvalue weighted by molar-refractivity contribution is 0.0166. The van der Waals surface area contributed by atoms with E-state index in [4.69, 9.17) is 9.47 Å². The number of nitrogens with one attached hydrogen (secondary N) is 1. The predicted molar refractivity (Wildman–Crippen MR) is 83.6 cm³/mol. The van der Waals surface area contributed by atoms with Crippen LogP contribution in [0, 0.1) is 0 Å². The minimum absolute atomic E-state index is 0.0494. The van der Waals surface area contributed by atoms with Crippen LogP contribution in [-0.4, -0.2) is 20.8 Å². The second-order valence-corrected chi connectivity index (χ2v) is 5.28. The maximum Gasteiger partial charge on any atom is 0.118 e. The third-order valence-electron chi connectivity index (χ3n) is 4.12. The summed E-state index contributed by atoms with van der Waals surface area (Å²) in [6.45, 7) is 0.774. The second-order valence-electron chi connectivity index (χ2n) is 5.28. The molecule has 21 heavy (non-hydrogen) atoms. The Bertz CT molecular complexity index is 594. The van der Waals surface area contributed by atoms with Gasteiger partial charge in [0, 0.05) is 0 Å². The molecule has 0 fully saturated rings. The number of hydrogen-bond acceptors (Lipinski definition) is 3. The van der Waals surface area contributed by atoms with Gasteiger partial charge in [-0.1, -0.05) is 36.4 Å². The molecule has 0 radical (unpaired) electrons. The summed E-state index contributed by atoms with van der Waals surface area (Å²) in [5, 5.41) is 3.40. The van der Waals surface area contributed by atoms with E-state index >= 15 is 0 Å². The molecular formula is C18H21NO2. The van der Waals surface area contributed by atoms with Crippen molar-refractivity contribution in [3.63, 3.8) is 0 Å². The van der Waals surface area contributed by atoms with E-state index in [1.54, 1.807) is 7.11 Å². The largest absolute Gasteiger partial charge is 0.497 e. The van der Waals surface area contributed by atoms with Crippen molar-refractivity contribution in [2.24, 2.45) is 0 Å². The molecule has 2 aromatic rings. The van der Waals surface area contributed by atoms with Crippen LogP contribution in [0.1, 0.15) is 28.8 Å². The Kier molecular flexibility index (Phi) is 4.23. The van der Waals surface area contributed by atoms with Crippen LogP contribution in [0.25, 0.3) is 0 Å². The number of likely N-dealkylation sites (N-methyl/N-ethyl adjacent to an activating group) is 1. The number of rotatable bonds is 4. The average molecular weight is 283 g/mol. The summed E-state index contributed by atoms with van der Waals surface area (Å²) >= 11 is 0. The highest BCUT2D eigenvalue weighted by Crippen LogP contribution is 2.37. The maximum absolute atomic E-state index is 6.07. The zero-order valence-corrected chi connectivity index (χ0v) is 12.5. The lowest BCUT2D eigenvalue weighted by Gasteiger charge is -2.32. The first-order valence-corrected chi connectivity index (χ1v) is 7.34. The fourth-order valence-corrected chi connectivity index (χ4v) is 3.00. The maximum atomic E-state index is 6.07. The summed E-state index contributed by atoms with van der Waals surface area (Å²) in [7, 11) is 3.67. The fraction of sp³-hybridized carbons (Fsp3) is 0.333. The van der Waals surface area contributed by atoms with Gasteiger partial charge in [0.2, 0.25) is 0 Å². The van der Waals surface area contributed by atoms with E-state index in [1.165, 1.54) is 16.7 Å². The molecule has 2 aromatic carbocycles. The first-order chi connectivity index (χ1) is 10.3. The summed E-state index contributed by atoms with van der Waals surface area (Å²) in [6.07, 6.45) is 1.04. The van der Waals surface area contributed by atoms with Crippen molar-refractivity contribution in [3.05, 3.63) is 65.2 Å². The van der Waals surface area contributed by atoms with Crippen molar-refractivity contribution >= 4 is 0 Å². The summed E-state index contributed by atoms with van der Waals surface area (Å²) in [6, 6.07) is 16.9. The summed E-state index contributed by atoms with van der Waals surface area (Å²) in [5.74, 6) is 0.874. The van der Waals surface area contributed by atoms with Gasteiger partial charge in [-0.25, -0.2) is 0 Å². The van der Waals surface area contributed by atoms with Crippen LogP contribution in [0.5, 0.6) is 5.75 Å². The van der Waals surface area contributed by atoms with Crippen LogP contribution in [0.4, 0.5) is 0 Å². The average Bonchev–Trinajstić information content (AvgIpc) is 2.56. The number of benzene rings is 2. The Labute approximate surface area is 125 Å². The molecular weight excluding hydrogens is 262 g/mol. The molecule has 0 bridgehead atoms. The fourth-order valence-electron chi connectivity index (χ4n) is 3.00. The van der Waals surface area contributed by atoms with Crippen LogP contribution in [0.3, 0.4) is 0 Å². The van der Waals surface area contributed by atoms with Crippen molar-refractivity contribution in [3.8, 4) is 5.75 Å². The molecule has 3 heteroatoms. The van der Waals surface area contributed by atoms with Crippen molar-refractivity contribution in [1.82, 2.24) is 5.32 Å². The van der Waals surface area contributed by atoms with E-state index < -0.39 is 0 Å². The Morgan fingerprint density at radius 3 is 2.62 bits per heavy atom. The van der Waals surface area contributed by atoms with E-state index in [2.05, 4.69) is 41.7 Å². The van der Waals surface area contributed by atoms with Gasteiger partial charge < -0.3 is 14.8 Å². The normalized spacial score (nSPS) is 18.9. The van der Waals surface area contributed by atoms with E-state index in [9.17, 15) is 0 Å². The predicted octanol–water partition coefficient (Wildman–Crippen LogP) is 3.27. The van der Waals surface area contributed by atoms with Gasteiger partial charge in [0.15, 0.2) is 0 Å². The summed E-state index contributed by atoms with van der Waals surface area (Å²) < 4.78 is 11.3. The molecule has 110 valence electrons. The van der Waals surface area contributed by atoms with E-state index in [-0.39, 0.29) is 12.1 Å². The lowest BCUT2D eigenvalue weighted by atomic mass is 9.90. The first-order valence-electron chi connectivity index (χ1n) is 7.34. The molecule has 0 saturated carbocycles.